The van der Waals surface area contributed by atoms with Gasteiger partial charge in [0.1, 0.15) is 5.82 Å². The molecule has 1 heterocycles. The minimum absolute atomic E-state index is 0.252. The molecule has 4 heteroatoms. The normalized spacial score (nSPS) is 10.5. The van der Waals surface area contributed by atoms with Crippen molar-refractivity contribution < 1.29 is 14.3 Å². The number of rotatable bonds is 3. The lowest BCUT2D eigenvalue weighted by molar-refractivity contribution is 0.0697. The average molecular weight is 281 g/mol. The van der Waals surface area contributed by atoms with Crippen molar-refractivity contribution in [2.45, 2.75) is 0 Å². The molecule has 1 aromatic heterocycles. The van der Waals surface area contributed by atoms with Crippen LogP contribution >= 0.6 is 0 Å². The zero-order valence-corrected chi connectivity index (χ0v) is 11.0. The monoisotopic (exact) mass is 281 g/mol. The molecule has 0 spiro atoms. The van der Waals surface area contributed by atoms with Gasteiger partial charge in [0.25, 0.3) is 0 Å². The number of aromatic carboxylic acids is 1. The third-order valence-electron chi connectivity index (χ3n) is 3.26. The second-order valence-electron chi connectivity index (χ2n) is 4.67. The van der Waals surface area contributed by atoms with Gasteiger partial charge in [-0.1, -0.05) is 12.1 Å². The third-order valence-corrected chi connectivity index (χ3v) is 3.26. The number of hydrogen-bond acceptors (Lipinski definition) is 1. The summed E-state index contributed by atoms with van der Waals surface area (Å²) in [6, 6.07) is 14.8. The van der Waals surface area contributed by atoms with Crippen LogP contribution in [0.15, 0.2) is 67.0 Å². The molecule has 104 valence electrons. The maximum absolute atomic E-state index is 12.9. The van der Waals surface area contributed by atoms with E-state index in [0.29, 0.717) is 0 Å². The number of carboxylic acid groups (broad SMARTS) is 1. The van der Waals surface area contributed by atoms with E-state index in [1.54, 1.807) is 30.3 Å². The number of benzene rings is 2. The molecule has 0 saturated carbocycles. The maximum Gasteiger partial charge on any atom is 0.335 e. The van der Waals surface area contributed by atoms with Crippen molar-refractivity contribution in [1.82, 2.24) is 4.57 Å². The van der Waals surface area contributed by atoms with Crippen LogP contribution in [-0.4, -0.2) is 15.6 Å². The Hall–Kier alpha value is -2.88. The van der Waals surface area contributed by atoms with Crippen LogP contribution in [0.3, 0.4) is 0 Å². The highest BCUT2D eigenvalue weighted by Crippen LogP contribution is 2.23. The molecule has 0 bridgehead atoms. The van der Waals surface area contributed by atoms with E-state index < -0.39 is 5.97 Å². The van der Waals surface area contributed by atoms with E-state index in [4.69, 9.17) is 5.11 Å². The van der Waals surface area contributed by atoms with E-state index in [-0.39, 0.29) is 11.4 Å². The highest BCUT2D eigenvalue weighted by Gasteiger charge is 2.06. The molecule has 0 radical (unpaired) electrons. The highest BCUT2D eigenvalue weighted by molar-refractivity contribution is 5.89. The van der Waals surface area contributed by atoms with Gasteiger partial charge in [0.2, 0.25) is 0 Å². The summed E-state index contributed by atoms with van der Waals surface area (Å²) in [7, 11) is 0. The van der Waals surface area contributed by atoms with Gasteiger partial charge in [-0.05, 0) is 53.6 Å². The molecule has 0 saturated heterocycles. The summed E-state index contributed by atoms with van der Waals surface area (Å²) in [6.45, 7) is 0. The van der Waals surface area contributed by atoms with E-state index in [1.165, 1.54) is 12.1 Å². The van der Waals surface area contributed by atoms with Crippen LogP contribution in [0, 0.1) is 5.82 Å². The molecule has 0 atom stereocenters. The van der Waals surface area contributed by atoms with Gasteiger partial charge in [-0.3, -0.25) is 0 Å². The molecule has 3 rings (SSSR count). The first-order valence-corrected chi connectivity index (χ1v) is 6.41. The number of carboxylic acids is 1. The molecule has 21 heavy (non-hydrogen) atoms. The van der Waals surface area contributed by atoms with Crippen molar-refractivity contribution in [2.24, 2.45) is 0 Å². The molecule has 1 N–H and O–H groups in total. The van der Waals surface area contributed by atoms with Crippen molar-refractivity contribution in [1.29, 1.82) is 0 Å². The minimum Gasteiger partial charge on any atom is -0.478 e. The van der Waals surface area contributed by atoms with Gasteiger partial charge in [-0.2, -0.15) is 0 Å². The fraction of sp³-hybridized carbons (Fsp3) is 0. The van der Waals surface area contributed by atoms with E-state index in [9.17, 15) is 9.18 Å². The number of aromatic nitrogens is 1. The predicted molar refractivity (Wildman–Crippen MR) is 78.1 cm³/mol. The molecule has 3 nitrogen and oxygen atoms in total. The van der Waals surface area contributed by atoms with Crippen LogP contribution in [0.1, 0.15) is 10.4 Å². The second-order valence-corrected chi connectivity index (χ2v) is 4.67. The summed E-state index contributed by atoms with van der Waals surface area (Å²) < 4.78 is 14.8. The van der Waals surface area contributed by atoms with E-state index in [0.717, 1.165) is 16.8 Å². The van der Waals surface area contributed by atoms with Crippen LogP contribution in [0.25, 0.3) is 16.8 Å². The smallest absolute Gasteiger partial charge is 0.335 e. The summed E-state index contributed by atoms with van der Waals surface area (Å²) in [5.41, 5.74) is 2.83. The van der Waals surface area contributed by atoms with Crippen LogP contribution in [0.5, 0.6) is 0 Å². The quantitative estimate of drug-likeness (QED) is 0.789. The van der Waals surface area contributed by atoms with Crippen LogP contribution < -0.4 is 0 Å². The first-order valence-electron chi connectivity index (χ1n) is 6.41. The van der Waals surface area contributed by atoms with Crippen molar-refractivity contribution in [3.63, 3.8) is 0 Å². The van der Waals surface area contributed by atoms with Crippen LogP contribution in [0.2, 0.25) is 0 Å². The van der Waals surface area contributed by atoms with E-state index in [1.807, 2.05) is 29.1 Å². The number of nitrogens with zero attached hydrogens (tertiary/aromatic N) is 1. The number of carbonyl (C=O) groups is 1. The minimum atomic E-state index is -0.949. The van der Waals surface area contributed by atoms with E-state index in [2.05, 4.69) is 0 Å². The molecular formula is C17H12FNO2. The lowest BCUT2D eigenvalue weighted by Gasteiger charge is -2.03. The Morgan fingerprint density at radius 2 is 1.76 bits per heavy atom. The lowest BCUT2D eigenvalue weighted by Crippen LogP contribution is -1.95. The molecular weight excluding hydrogens is 269 g/mol. The largest absolute Gasteiger partial charge is 0.478 e. The van der Waals surface area contributed by atoms with Crippen molar-refractivity contribution in [2.75, 3.05) is 0 Å². The summed E-state index contributed by atoms with van der Waals surface area (Å²) in [5.74, 6) is -1.23. The Morgan fingerprint density at radius 1 is 1.00 bits per heavy atom. The third kappa shape index (κ3) is 2.69. The molecule has 2 aromatic carbocycles. The predicted octanol–water partition coefficient (Wildman–Crippen LogP) is 3.98. The van der Waals surface area contributed by atoms with Gasteiger partial charge < -0.3 is 9.67 Å². The van der Waals surface area contributed by atoms with Crippen molar-refractivity contribution >= 4 is 5.97 Å². The summed E-state index contributed by atoms with van der Waals surface area (Å²) in [5, 5.41) is 9.02. The first kappa shape index (κ1) is 13.1. The summed E-state index contributed by atoms with van der Waals surface area (Å²) in [6.07, 6.45) is 3.74. The Balaban J connectivity index is 1.96. The average Bonchev–Trinajstić information content (AvgIpc) is 2.98. The molecule has 3 aromatic rings. The zero-order chi connectivity index (χ0) is 14.8. The van der Waals surface area contributed by atoms with Crippen molar-refractivity contribution in [3.8, 4) is 16.8 Å². The topological polar surface area (TPSA) is 42.2 Å². The van der Waals surface area contributed by atoms with Crippen LogP contribution in [-0.2, 0) is 0 Å². The first-order chi connectivity index (χ1) is 10.1. The molecule has 0 amide bonds. The molecule has 0 fully saturated rings. The molecule has 0 aliphatic carbocycles. The van der Waals surface area contributed by atoms with Gasteiger partial charge in [0.15, 0.2) is 0 Å². The van der Waals surface area contributed by atoms with Gasteiger partial charge in [0, 0.05) is 18.1 Å². The SMILES string of the molecule is O=C(O)c1cccc(-c2ccn(-c3ccc(F)cc3)c2)c1. The molecule has 0 unspecified atom stereocenters. The zero-order valence-electron chi connectivity index (χ0n) is 11.0. The summed E-state index contributed by atoms with van der Waals surface area (Å²) >= 11 is 0. The molecule has 0 aliphatic heterocycles. The Kier molecular flexibility index (Phi) is 3.28. The van der Waals surface area contributed by atoms with Gasteiger partial charge in [-0.25, -0.2) is 9.18 Å². The van der Waals surface area contributed by atoms with E-state index >= 15 is 0 Å². The van der Waals surface area contributed by atoms with Gasteiger partial charge in [-0.15, -0.1) is 0 Å². The number of halogens is 1. The number of hydrogen-bond donors (Lipinski definition) is 1. The fourth-order valence-corrected chi connectivity index (χ4v) is 2.17. The van der Waals surface area contributed by atoms with Gasteiger partial charge >= 0.3 is 5.97 Å². The lowest BCUT2D eigenvalue weighted by atomic mass is 10.1. The van der Waals surface area contributed by atoms with Crippen molar-refractivity contribution in [3.05, 3.63) is 78.4 Å². The Labute approximate surface area is 120 Å². The van der Waals surface area contributed by atoms with Gasteiger partial charge in [0.05, 0.1) is 5.56 Å². The highest BCUT2D eigenvalue weighted by atomic mass is 19.1. The fourth-order valence-electron chi connectivity index (χ4n) is 2.17. The standard InChI is InChI=1S/C17H12FNO2/c18-15-4-6-16(7-5-15)19-9-8-14(11-19)12-2-1-3-13(10-12)17(20)21/h1-11H,(H,20,21). The second kappa shape index (κ2) is 5.25. The molecule has 0 aliphatic rings. The Bertz CT molecular complexity index is 791. The summed E-state index contributed by atoms with van der Waals surface area (Å²) in [4.78, 5) is 11.0. The van der Waals surface area contributed by atoms with Crippen LogP contribution in [0.4, 0.5) is 4.39 Å². The maximum atomic E-state index is 12.9. The Morgan fingerprint density at radius 3 is 2.48 bits per heavy atom.